The Balaban J connectivity index is 1.36. The molecule has 1 aromatic heterocycles. The van der Waals surface area contributed by atoms with Gasteiger partial charge in [-0.1, -0.05) is 19.3 Å². The number of rotatable bonds is 6. The van der Waals surface area contributed by atoms with Crippen molar-refractivity contribution in [3.05, 3.63) is 11.6 Å². The Kier molecular flexibility index (Phi) is 5.41. The highest BCUT2D eigenvalue weighted by Crippen LogP contribution is 2.40. The minimum atomic E-state index is 0.617. The molecular weight excluding hydrogens is 310 g/mol. The van der Waals surface area contributed by atoms with E-state index in [2.05, 4.69) is 38.7 Å². The largest absolute Gasteiger partial charge is 0.311 e. The Bertz CT molecular complexity index is 548. The van der Waals surface area contributed by atoms with Crippen molar-refractivity contribution in [2.75, 3.05) is 33.7 Å². The highest BCUT2D eigenvalue weighted by molar-refractivity contribution is 5.08. The Labute approximate surface area is 152 Å². The van der Waals surface area contributed by atoms with Crippen molar-refractivity contribution in [2.45, 2.75) is 76.3 Å². The van der Waals surface area contributed by atoms with Gasteiger partial charge in [0.15, 0.2) is 0 Å². The third-order valence-corrected chi connectivity index (χ3v) is 6.36. The molecule has 5 nitrogen and oxygen atoms in total. The minimum Gasteiger partial charge on any atom is -0.311 e. The van der Waals surface area contributed by atoms with Crippen LogP contribution in [-0.4, -0.2) is 58.3 Å². The minimum absolute atomic E-state index is 0.617. The zero-order valence-electron chi connectivity index (χ0n) is 16.2. The monoisotopic (exact) mass is 345 g/mol. The maximum Gasteiger partial charge on any atom is 0.147 e. The SMILES string of the molecule is CN(C)Cc1nnc(C2CCN(CC3CCCCC3)CC2)n1C1CC1. The van der Waals surface area contributed by atoms with Crippen LogP contribution < -0.4 is 0 Å². The molecule has 3 fully saturated rings. The van der Waals surface area contributed by atoms with Crippen LogP contribution in [0.5, 0.6) is 0 Å². The van der Waals surface area contributed by atoms with E-state index in [-0.39, 0.29) is 0 Å². The van der Waals surface area contributed by atoms with Crippen molar-refractivity contribution < 1.29 is 0 Å². The molecule has 0 atom stereocenters. The summed E-state index contributed by atoms with van der Waals surface area (Å²) in [5, 5.41) is 9.23. The lowest BCUT2D eigenvalue weighted by Gasteiger charge is -2.35. The van der Waals surface area contributed by atoms with Crippen LogP contribution in [0.4, 0.5) is 0 Å². The van der Waals surface area contributed by atoms with E-state index in [9.17, 15) is 0 Å². The topological polar surface area (TPSA) is 37.2 Å². The van der Waals surface area contributed by atoms with Gasteiger partial charge < -0.3 is 14.4 Å². The summed E-state index contributed by atoms with van der Waals surface area (Å²) in [6.45, 7) is 4.75. The van der Waals surface area contributed by atoms with Crippen LogP contribution in [0.3, 0.4) is 0 Å². The maximum absolute atomic E-state index is 4.66. The van der Waals surface area contributed by atoms with Gasteiger partial charge in [0.25, 0.3) is 0 Å². The first kappa shape index (κ1) is 17.5. The number of nitrogens with zero attached hydrogens (tertiary/aromatic N) is 5. The van der Waals surface area contributed by atoms with Crippen LogP contribution in [0, 0.1) is 5.92 Å². The van der Waals surface area contributed by atoms with Crippen LogP contribution >= 0.6 is 0 Å². The second-order valence-corrected chi connectivity index (χ2v) is 8.89. The van der Waals surface area contributed by atoms with Gasteiger partial charge in [-0.15, -0.1) is 10.2 Å². The summed E-state index contributed by atoms with van der Waals surface area (Å²) in [6, 6.07) is 0.681. The van der Waals surface area contributed by atoms with E-state index in [0.717, 1.165) is 12.5 Å². The third-order valence-electron chi connectivity index (χ3n) is 6.36. The number of hydrogen-bond donors (Lipinski definition) is 0. The van der Waals surface area contributed by atoms with Gasteiger partial charge in [-0.2, -0.15) is 0 Å². The molecule has 5 heteroatoms. The van der Waals surface area contributed by atoms with Gasteiger partial charge in [0.1, 0.15) is 11.6 Å². The highest BCUT2D eigenvalue weighted by atomic mass is 15.3. The smallest absolute Gasteiger partial charge is 0.147 e. The molecule has 1 aliphatic heterocycles. The summed E-state index contributed by atoms with van der Waals surface area (Å²) in [7, 11) is 4.24. The highest BCUT2D eigenvalue weighted by Gasteiger charge is 2.33. The van der Waals surface area contributed by atoms with Crippen LogP contribution in [0.25, 0.3) is 0 Å². The predicted molar refractivity (Wildman–Crippen MR) is 101 cm³/mol. The molecule has 4 rings (SSSR count). The van der Waals surface area contributed by atoms with Gasteiger partial charge in [-0.05, 0) is 71.6 Å². The molecule has 0 aromatic carbocycles. The van der Waals surface area contributed by atoms with Gasteiger partial charge in [0.2, 0.25) is 0 Å². The predicted octanol–water partition coefficient (Wildman–Crippen LogP) is 3.43. The van der Waals surface area contributed by atoms with Crippen molar-refractivity contribution >= 4 is 0 Å². The second-order valence-electron chi connectivity index (χ2n) is 8.89. The van der Waals surface area contributed by atoms with Crippen LogP contribution in [0.15, 0.2) is 0 Å². The Morgan fingerprint density at radius 3 is 2.28 bits per heavy atom. The number of hydrogen-bond acceptors (Lipinski definition) is 4. The van der Waals surface area contributed by atoms with Crippen molar-refractivity contribution in [3.8, 4) is 0 Å². The van der Waals surface area contributed by atoms with E-state index < -0.39 is 0 Å². The van der Waals surface area contributed by atoms with Gasteiger partial charge in [-0.3, -0.25) is 0 Å². The summed E-state index contributed by atoms with van der Waals surface area (Å²) < 4.78 is 2.50. The fourth-order valence-corrected chi connectivity index (χ4v) is 4.85. The average molecular weight is 346 g/mol. The van der Waals surface area contributed by atoms with E-state index in [1.165, 1.54) is 89.1 Å². The molecule has 0 spiro atoms. The van der Waals surface area contributed by atoms with Crippen molar-refractivity contribution in [2.24, 2.45) is 5.92 Å². The number of likely N-dealkylation sites (tertiary alicyclic amines) is 1. The Morgan fingerprint density at radius 2 is 1.64 bits per heavy atom. The van der Waals surface area contributed by atoms with Gasteiger partial charge in [0.05, 0.1) is 6.54 Å². The number of aromatic nitrogens is 3. The molecule has 1 saturated heterocycles. The fraction of sp³-hybridized carbons (Fsp3) is 0.900. The van der Waals surface area contributed by atoms with E-state index in [1.54, 1.807) is 0 Å². The first-order valence-corrected chi connectivity index (χ1v) is 10.5. The first-order valence-electron chi connectivity index (χ1n) is 10.5. The zero-order chi connectivity index (χ0) is 17.2. The molecule has 1 aromatic rings. The summed E-state index contributed by atoms with van der Waals surface area (Å²) in [6.07, 6.45) is 12.5. The first-order chi connectivity index (χ1) is 12.2. The van der Waals surface area contributed by atoms with Crippen molar-refractivity contribution in [1.82, 2.24) is 24.6 Å². The molecule has 2 heterocycles. The molecule has 2 aliphatic carbocycles. The molecule has 0 bridgehead atoms. The van der Waals surface area contributed by atoms with Gasteiger partial charge in [-0.25, -0.2) is 0 Å². The molecule has 2 saturated carbocycles. The van der Waals surface area contributed by atoms with Gasteiger partial charge in [0, 0.05) is 18.5 Å². The zero-order valence-corrected chi connectivity index (χ0v) is 16.2. The van der Waals surface area contributed by atoms with E-state index in [4.69, 9.17) is 0 Å². The molecular formula is C20H35N5. The molecule has 0 unspecified atom stereocenters. The molecule has 0 amide bonds. The normalized spacial score (nSPS) is 24.3. The Hall–Kier alpha value is -0.940. The third kappa shape index (κ3) is 4.25. The summed E-state index contributed by atoms with van der Waals surface area (Å²) >= 11 is 0. The quantitative estimate of drug-likeness (QED) is 0.791. The van der Waals surface area contributed by atoms with Gasteiger partial charge >= 0.3 is 0 Å². The van der Waals surface area contributed by atoms with Crippen molar-refractivity contribution in [3.63, 3.8) is 0 Å². The molecule has 0 radical (unpaired) electrons. The second kappa shape index (κ2) is 7.75. The molecule has 0 N–H and O–H groups in total. The summed E-state index contributed by atoms with van der Waals surface area (Å²) in [5.41, 5.74) is 0. The van der Waals surface area contributed by atoms with E-state index in [1.807, 2.05) is 0 Å². The van der Waals surface area contributed by atoms with E-state index in [0.29, 0.717) is 12.0 Å². The molecule has 3 aliphatic rings. The lowest BCUT2D eigenvalue weighted by Crippen LogP contribution is -2.37. The number of piperidine rings is 1. The Morgan fingerprint density at radius 1 is 0.920 bits per heavy atom. The molecule has 25 heavy (non-hydrogen) atoms. The fourth-order valence-electron chi connectivity index (χ4n) is 4.85. The summed E-state index contributed by atoms with van der Waals surface area (Å²) in [5.74, 6) is 4.04. The lowest BCUT2D eigenvalue weighted by atomic mass is 9.88. The standard InChI is InChI=1S/C20H35N5/c1-23(2)15-19-21-22-20(25(19)18-8-9-18)17-10-12-24(13-11-17)14-16-6-4-3-5-7-16/h16-18H,3-15H2,1-2H3. The lowest BCUT2D eigenvalue weighted by molar-refractivity contribution is 0.161. The van der Waals surface area contributed by atoms with Crippen LogP contribution in [0.1, 0.15) is 81.4 Å². The summed E-state index contributed by atoms with van der Waals surface area (Å²) in [4.78, 5) is 4.94. The molecule has 140 valence electrons. The van der Waals surface area contributed by atoms with Crippen LogP contribution in [0.2, 0.25) is 0 Å². The van der Waals surface area contributed by atoms with E-state index >= 15 is 0 Å². The maximum atomic E-state index is 4.66. The van der Waals surface area contributed by atoms with Crippen molar-refractivity contribution in [1.29, 1.82) is 0 Å². The average Bonchev–Trinajstić information content (AvgIpc) is 3.37. The van der Waals surface area contributed by atoms with Crippen LogP contribution in [-0.2, 0) is 6.54 Å².